The van der Waals surface area contributed by atoms with Gasteiger partial charge in [0, 0.05) is 27.9 Å². The number of carbonyl (C=O) groups excluding carboxylic acids is 2. The summed E-state index contributed by atoms with van der Waals surface area (Å²) in [6.45, 7) is -0.239. The lowest BCUT2D eigenvalue weighted by molar-refractivity contribution is -0.384. The third kappa shape index (κ3) is 4.89. The maximum absolute atomic E-state index is 11.9. The van der Waals surface area contributed by atoms with Gasteiger partial charge in [-0.2, -0.15) is 0 Å². The molecule has 7 nitrogen and oxygen atoms in total. The van der Waals surface area contributed by atoms with Crippen LogP contribution in [0.15, 0.2) is 53.0 Å². The fraction of sp³-hybridized carbons (Fsp3) is 0.0667. The fourth-order valence-corrected chi connectivity index (χ4v) is 2.03. The Morgan fingerprint density at radius 1 is 1.13 bits per heavy atom. The Labute approximate surface area is 140 Å². The molecule has 2 amide bonds. The zero-order chi connectivity index (χ0) is 16.8. The summed E-state index contributed by atoms with van der Waals surface area (Å²) in [5, 5.41) is 15.7. The summed E-state index contributed by atoms with van der Waals surface area (Å²) < 4.78 is 0.884. The van der Waals surface area contributed by atoms with Crippen molar-refractivity contribution in [1.29, 1.82) is 0 Å². The van der Waals surface area contributed by atoms with E-state index in [4.69, 9.17) is 0 Å². The largest absolute Gasteiger partial charge is 0.343 e. The number of non-ortho nitro benzene ring substituents is 1. The first-order chi connectivity index (χ1) is 11.0. The summed E-state index contributed by atoms with van der Waals surface area (Å²) in [7, 11) is 0. The van der Waals surface area contributed by atoms with E-state index in [1.165, 1.54) is 18.2 Å². The van der Waals surface area contributed by atoms with Crippen molar-refractivity contribution in [3.63, 3.8) is 0 Å². The van der Waals surface area contributed by atoms with Gasteiger partial charge in [0.25, 0.3) is 11.6 Å². The molecule has 0 unspecified atom stereocenters. The van der Waals surface area contributed by atoms with Gasteiger partial charge in [-0.3, -0.25) is 19.7 Å². The Hall–Kier alpha value is -2.74. The van der Waals surface area contributed by atoms with E-state index >= 15 is 0 Å². The van der Waals surface area contributed by atoms with Gasteiger partial charge in [-0.25, -0.2) is 0 Å². The molecule has 8 heteroatoms. The minimum atomic E-state index is -0.586. The number of halogens is 1. The van der Waals surface area contributed by atoms with Crippen LogP contribution < -0.4 is 10.6 Å². The van der Waals surface area contributed by atoms with Gasteiger partial charge in [0.05, 0.1) is 11.5 Å². The summed E-state index contributed by atoms with van der Waals surface area (Å²) in [4.78, 5) is 33.8. The highest BCUT2D eigenvalue weighted by Crippen LogP contribution is 2.14. The van der Waals surface area contributed by atoms with Crippen molar-refractivity contribution >= 4 is 39.1 Å². The molecule has 0 saturated heterocycles. The molecule has 23 heavy (non-hydrogen) atoms. The molecular weight excluding hydrogens is 366 g/mol. The van der Waals surface area contributed by atoms with E-state index < -0.39 is 16.7 Å². The molecule has 0 spiro atoms. The van der Waals surface area contributed by atoms with Crippen molar-refractivity contribution in [1.82, 2.24) is 5.32 Å². The van der Waals surface area contributed by atoms with Gasteiger partial charge in [-0.15, -0.1) is 0 Å². The highest BCUT2D eigenvalue weighted by atomic mass is 79.9. The second-order valence-electron chi connectivity index (χ2n) is 4.55. The lowest BCUT2D eigenvalue weighted by atomic mass is 10.2. The Kier molecular flexibility index (Phi) is 5.42. The van der Waals surface area contributed by atoms with Crippen LogP contribution in [-0.2, 0) is 4.79 Å². The van der Waals surface area contributed by atoms with Gasteiger partial charge in [0.15, 0.2) is 0 Å². The first-order valence-electron chi connectivity index (χ1n) is 6.54. The molecule has 0 saturated carbocycles. The van der Waals surface area contributed by atoms with Crippen LogP contribution in [0, 0.1) is 10.1 Å². The highest BCUT2D eigenvalue weighted by molar-refractivity contribution is 9.10. The van der Waals surface area contributed by atoms with Crippen molar-refractivity contribution in [3.8, 4) is 0 Å². The Bertz CT molecular complexity index is 747. The summed E-state index contributed by atoms with van der Waals surface area (Å²) in [6, 6.07) is 12.3. The van der Waals surface area contributed by atoms with Crippen molar-refractivity contribution in [3.05, 3.63) is 68.7 Å². The van der Waals surface area contributed by atoms with Gasteiger partial charge in [0.2, 0.25) is 5.91 Å². The lowest BCUT2D eigenvalue weighted by Crippen LogP contribution is -2.32. The first-order valence-corrected chi connectivity index (χ1v) is 7.33. The molecular formula is C15H12BrN3O4. The van der Waals surface area contributed by atoms with Crippen LogP contribution in [0.5, 0.6) is 0 Å². The van der Waals surface area contributed by atoms with Crippen LogP contribution in [0.4, 0.5) is 11.4 Å². The Morgan fingerprint density at radius 2 is 1.83 bits per heavy atom. The number of nitro groups is 1. The SMILES string of the molecule is O=C(CNC(=O)c1cccc([N+](=O)[O-])c1)Nc1ccc(Br)cc1. The maximum Gasteiger partial charge on any atom is 0.270 e. The average Bonchev–Trinajstić information content (AvgIpc) is 2.55. The molecule has 0 aliphatic heterocycles. The van der Waals surface area contributed by atoms with E-state index in [2.05, 4.69) is 26.6 Å². The Morgan fingerprint density at radius 3 is 2.48 bits per heavy atom. The number of nitrogens with one attached hydrogen (secondary N) is 2. The molecule has 2 rings (SSSR count). The van der Waals surface area contributed by atoms with Crippen molar-refractivity contribution in [2.45, 2.75) is 0 Å². The second-order valence-corrected chi connectivity index (χ2v) is 5.46. The lowest BCUT2D eigenvalue weighted by Gasteiger charge is -2.07. The molecule has 0 aromatic heterocycles. The standard InChI is InChI=1S/C15H12BrN3O4/c16-11-4-6-12(7-5-11)18-14(20)9-17-15(21)10-2-1-3-13(8-10)19(22)23/h1-8H,9H2,(H,17,21)(H,18,20). The third-order valence-corrected chi connectivity index (χ3v) is 3.39. The van der Waals surface area contributed by atoms with E-state index in [0.717, 1.165) is 10.5 Å². The number of hydrogen-bond acceptors (Lipinski definition) is 4. The zero-order valence-corrected chi connectivity index (χ0v) is 13.4. The fourth-order valence-electron chi connectivity index (χ4n) is 1.76. The van der Waals surface area contributed by atoms with Gasteiger partial charge in [0.1, 0.15) is 0 Å². The van der Waals surface area contributed by atoms with E-state index in [1.807, 2.05) is 0 Å². The number of nitrogens with zero attached hydrogens (tertiary/aromatic N) is 1. The third-order valence-electron chi connectivity index (χ3n) is 2.86. The van der Waals surface area contributed by atoms with E-state index in [-0.39, 0.29) is 17.8 Å². The number of nitro benzene ring substituents is 1. The molecule has 0 aliphatic rings. The molecule has 0 radical (unpaired) electrons. The normalized spacial score (nSPS) is 9.96. The van der Waals surface area contributed by atoms with Crippen molar-refractivity contribution in [2.24, 2.45) is 0 Å². The van der Waals surface area contributed by atoms with Crippen molar-refractivity contribution in [2.75, 3.05) is 11.9 Å². The smallest absolute Gasteiger partial charge is 0.270 e. The molecule has 0 bridgehead atoms. The number of hydrogen-bond donors (Lipinski definition) is 2. The van der Waals surface area contributed by atoms with E-state index in [0.29, 0.717) is 5.69 Å². The molecule has 118 valence electrons. The van der Waals surface area contributed by atoms with E-state index in [1.54, 1.807) is 24.3 Å². The Balaban J connectivity index is 1.91. The summed E-state index contributed by atoms with van der Waals surface area (Å²) >= 11 is 3.29. The minimum Gasteiger partial charge on any atom is -0.343 e. The van der Waals surface area contributed by atoms with Crippen LogP contribution in [0.3, 0.4) is 0 Å². The van der Waals surface area contributed by atoms with Gasteiger partial charge in [-0.1, -0.05) is 22.0 Å². The predicted molar refractivity (Wildman–Crippen MR) is 88.2 cm³/mol. The van der Waals surface area contributed by atoms with Crippen LogP contribution in [0.1, 0.15) is 10.4 Å². The summed E-state index contributed by atoms with van der Waals surface area (Å²) in [5.41, 5.74) is 0.537. The zero-order valence-electron chi connectivity index (χ0n) is 11.8. The van der Waals surface area contributed by atoms with Gasteiger partial charge >= 0.3 is 0 Å². The number of rotatable bonds is 5. The number of benzene rings is 2. The van der Waals surface area contributed by atoms with Crippen LogP contribution in [0.25, 0.3) is 0 Å². The number of carbonyl (C=O) groups is 2. The van der Waals surface area contributed by atoms with E-state index in [9.17, 15) is 19.7 Å². The van der Waals surface area contributed by atoms with Gasteiger partial charge < -0.3 is 10.6 Å². The van der Waals surface area contributed by atoms with Gasteiger partial charge in [-0.05, 0) is 30.3 Å². The monoisotopic (exact) mass is 377 g/mol. The molecule has 0 heterocycles. The second kappa shape index (κ2) is 7.50. The minimum absolute atomic E-state index is 0.121. The first kappa shape index (κ1) is 16.6. The van der Waals surface area contributed by atoms with Crippen LogP contribution in [-0.4, -0.2) is 23.3 Å². The molecule has 0 aliphatic carbocycles. The summed E-state index contributed by atoms with van der Waals surface area (Å²) in [6.07, 6.45) is 0. The number of amides is 2. The predicted octanol–water partition coefficient (Wildman–Crippen LogP) is 2.73. The molecule has 2 N–H and O–H groups in total. The maximum atomic E-state index is 11.9. The van der Waals surface area contributed by atoms with Crippen LogP contribution in [0.2, 0.25) is 0 Å². The average molecular weight is 378 g/mol. The van der Waals surface area contributed by atoms with Crippen LogP contribution >= 0.6 is 15.9 Å². The van der Waals surface area contributed by atoms with Crippen molar-refractivity contribution < 1.29 is 14.5 Å². The quantitative estimate of drug-likeness (QED) is 0.617. The highest BCUT2D eigenvalue weighted by Gasteiger charge is 2.12. The summed E-state index contributed by atoms with van der Waals surface area (Å²) in [5.74, 6) is -0.953. The molecule has 2 aromatic carbocycles. The molecule has 0 atom stereocenters. The number of anilines is 1. The molecule has 0 fully saturated rings. The topological polar surface area (TPSA) is 101 Å². The molecule has 2 aromatic rings.